The van der Waals surface area contributed by atoms with Gasteiger partial charge >= 0.3 is 5.51 Å². The van der Waals surface area contributed by atoms with Crippen molar-refractivity contribution in [2.45, 2.75) is 23.7 Å². The van der Waals surface area contributed by atoms with Gasteiger partial charge in [0.25, 0.3) is 15.7 Å². The quantitative estimate of drug-likeness (QED) is 0.354. The minimum atomic E-state index is -5.81. The third-order valence-electron chi connectivity index (χ3n) is 5.20. The normalized spacial score (nSPS) is 11.9. The van der Waals surface area contributed by atoms with Crippen molar-refractivity contribution >= 4 is 43.0 Å². The number of halogens is 3. The van der Waals surface area contributed by atoms with Crippen molar-refractivity contribution in [1.82, 2.24) is 4.98 Å². The lowest BCUT2D eigenvalue weighted by atomic mass is 10.1. The summed E-state index contributed by atoms with van der Waals surface area (Å²) >= 11 is 1.37. The number of benzene rings is 3. The van der Waals surface area contributed by atoms with Crippen molar-refractivity contribution in [2.24, 2.45) is 0 Å². The molecule has 1 heterocycles. The Bertz CT molecular complexity index is 1590. The minimum absolute atomic E-state index is 0.159. The van der Waals surface area contributed by atoms with Gasteiger partial charge in [-0.05, 0) is 48.4 Å². The Balaban J connectivity index is 1.68. The Morgan fingerprint density at radius 3 is 2.43 bits per heavy atom. The van der Waals surface area contributed by atoms with Crippen LogP contribution in [-0.4, -0.2) is 24.8 Å². The first kappa shape index (κ1) is 24.4. The summed E-state index contributed by atoms with van der Waals surface area (Å²) in [5.74, 6) is -1.09. The van der Waals surface area contributed by atoms with Crippen LogP contribution in [0, 0.1) is 11.3 Å². The van der Waals surface area contributed by atoms with E-state index in [9.17, 15) is 26.4 Å². The van der Waals surface area contributed by atoms with Gasteiger partial charge in [0, 0.05) is 11.3 Å². The average Bonchev–Trinajstić information content (AvgIpc) is 3.26. The second-order valence-corrected chi connectivity index (χ2v) is 10.4. The Morgan fingerprint density at radius 1 is 1.09 bits per heavy atom. The number of amides is 1. The van der Waals surface area contributed by atoms with Crippen LogP contribution in [0.15, 0.2) is 65.6 Å². The van der Waals surface area contributed by atoms with Crippen LogP contribution >= 0.6 is 11.3 Å². The van der Waals surface area contributed by atoms with E-state index in [4.69, 9.17) is 5.26 Å². The number of sulfone groups is 1. The van der Waals surface area contributed by atoms with Gasteiger partial charge in [-0.2, -0.15) is 18.4 Å². The van der Waals surface area contributed by atoms with Crippen molar-refractivity contribution < 1.29 is 26.4 Å². The van der Waals surface area contributed by atoms with Crippen molar-refractivity contribution in [3.8, 4) is 16.6 Å². The zero-order valence-electron chi connectivity index (χ0n) is 18.1. The van der Waals surface area contributed by atoms with Crippen LogP contribution in [-0.2, 0) is 16.3 Å². The molecule has 1 amide bonds. The first-order valence-electron chi connectivity index (χ1n) is 10.2. The molecule has 4 rings (SSSR count). The predicted octanol–water partition coefficient (Wildman–Crippen LogP) is 5.94. The number of hydrogen-bond donors (Lipinski definition) is 1. The molecule has 0 aliphatic heterocycles. The topological polar surface area (TPSA) is 99.9 Å². The van der Waals surface area contributed by atoms with E-state index in [1.165, 1.54) is 23.0 Å². The van der Waals surface area contributed by atoms with Crippen molar-refractivity contribution in [3.63, 3.8) is 0 Å². The van der Waals surface area contributed by atoms with Gasteiger partial charge in [0.15, 0.2) is 0 Å². The standard InChI is InChI=1S/C24H16F3N3O3S2/c1-2-14-3-6-16(7-4-14)23-30-19-9-8-17(12-20(19)34-23)29-22(31)18-11-15(13-28)5-10-21(18)35(32,33)24(25,26)27/h3-12H,2H2,1H3,(H,29,31). The molecule has 6 nitrogen and oxygen atoms in total. The van der Waals surface area contributed by atoms with Crippen LogP contribution in [0.25, 0.3) is 20.8 Å². The molecule has 0 aliphatic carbocycles. The van der Waals surface area contributed by atoms with Gasteiger partial charge in [0.1, 0.15) is 5.01 Å². The maximum atomic E-state index is 13.1. The molecule has 0 fully saturated rings. The number of nitrogens with one attached hydrogen (secondary N) is 1. The van der Waals surface area contributed by atoms with Crippen LogP contribution in [0.4, 0.5) is 18.9 Å². The van der Waals surface area contributed by atoms with Crippen molar-refractivity contribution in [2.75, 3.05) is 5.32 Å². The van der Waals surface area contributed by atoms with E-state index in [1.807, 2.05) is 24.3 Å². The Morgan fingerprint density at radius 2 is 1.80 bits per heavy atom. The zero-order valence-corrected chi connectivity index (χ0v) is 19.7. The molecule has 178 valence electrons. The van der Waals surface area contributed by atoms with E-state index in [0.29, 0.717) is 16.3 Å². The third-order valence-corrected chi connectivity index (χ3v) is 7.81. The molecule has 0 bridgehead atoms. The lowest BCUT2D eigenvalue weighted by molar-refractivity contribution is -0.0436. The van der Waals surface area contributed by atoms with E-state index in [-0.39, 0.29) is 11.3 Å². The smallest absolute Gasteiger partial charge is 0.322 e. The summed E-state index contributed by atoms with van der Waals surface area (Å²) in [6.07, 6.45) is 0.909. The molecule has 0 radical (unpaired) electrons. The van der Waals surface area contributed by atoms with Crippen LogP contribution < -0.4 is 5.32 Å². The number of carbonyl (C=O) groups excluding carboxylic acids is 1. The molecule has 0 unspecified atom stereocenters. The second kappa shape index (κ2) is 9.13. The zero-order chi connectivity index (χ0) is 25.4. The second-order valence-electron chi connectivity index (χ2n) is 7.48. The summed E-state index contributed by atoms with van der Waals surface area (Å²) in [5, 5.41) is 12.3. The maximum absolute atomic E-state index is 13.1. The summed E-state index contributed by atoms with van der Waals surface area (Å²) in [5.41, 5.74) is -3.54. The molecule has 11 heteroatoms. The highest BCUT2D eigenvalue weighted by atomic mass is 32.2. The van der Waals surface area contributed by atoms with E-state index in [1.54, 1.807) is 18.2 Å². The molecule has 4 aromatic rings. The molecule has 3 aromatic carbocycles. The van der Waals surface area contributed by atoms with Gasteiger partial charge in [-0.25, -0.2) is 13.4 Å². The number of rotatable bonds is 5. The molecule has 0 spiro atoms. The number of nitriles is 1. The first-order chi connectivity index (χ1) is 16.5. The highest BCUT2D eigenvalue weighted by molar-refractivity contribution is 7.92. The molecule has 0 atom stereocenters. The lowest BCUT2D eigenvalue weighted by Crippen LogP contribution is -2.26. The minimum Gasteiger partial charge on any atom is -0.322 e. The highest BCUT2D eigenvalue weighted by Crippen LogP contribution is 2.34. The number of anilines is 1. The maximum Gasteiger partial charge on any atom is 0.501 e. The molecule has 35 heavy (non-hydrogen) atoms. The Labute approximate surface area is 202 Å². The van der Waals surface area contributed by atoms with Crippen molar-refractivity contribution in [1.29, 1.82) is 5.26 Å². The van der Waals surface area contributed by atoms with E-state index < -0.39 is 31.7 Å². The Kier molecular flexibility index (Phi) is 6.36. The highest BCUT2D eigenvalue weighted by Gasteiger charge is 2.48. The molecule has 0 aliphatic rings. The summed E-state index contributed by atoms with van der Waals surface area (Å²) in [6.45, 7) is 2.06. The lowest BCUT2D eigenvalue weighted by Gasteiger charge is -2.13. The fourth-order valence-corrected chi connectivity index (χ4v) is 5.29. The molecular weight excluding hydrogens is 499 g/mol. The number of carbonyl (C=O) groups is 1. The number of thiazole rings is 1. The SMILES string of the molecule is CCc1ccc(-c2nc3ccc(NC(=O)c4cc(C#N)ccc4S(=O)(=O)C(F)(F)F)cc3s2)cc1. The number of nitrogens with zero attached hydrogens (tertiary/aromatic N) is 2. The first-order valence-corrected chi connectivity index (χ1v) is 12.5. The van der Waals surface area contributed by atoms with E-state index >= 15 is 0 Å². The third kappa shape index (κ3) is 4.76. The summed E-state index contributed by atoms with van der Waals surface area (Å²) in [7, 11) is -5.81. The molecule has 0 saturated carbocycles. The van der Waals surface area contributed by atoms with E-state index in [0.717, 1.165) is 29.1 Å². The van der Waals surface area contributed by atoms with Crippen LogP contribution in [0.1, 0.15) is 28.4 Å². The van der Waals surface area contributed by atoms with Gasteiger partial charge in [-0.3, -0.25) is 4.79 Å². The average molecular weight is 516 g/mol. The van der Waals surface area contributed by atoms with Crippen LogP contribution in [0.5, 0.6) is 0 Å². The van der Waals surface area contributed by atoms with Crippen LogP contribution in [0.3, 0.4) is 0 Å². The fourth-order valence-electron chi connectivity index (χ4n) is 3.34. The summed E-state index contributed by atoms with van der Waals surface area (Å²) in [6, 6.07) is 16.7. The van der Waals surface area contributed by atoms with Gasteiger partial charge in [0.2, 0.25) is 0 Å². The monoisotopic (exact) mass is 515 g/mol. The largest absolute Gasteiger partial charge is 0.501 e. The van der Waals surface area contributed by atoms with Gasteiger partial charge in [-0.15, -0.1) is 11.3 Å². The fraction of sp³-hybridized carbons (Fsp3) is 0.125. The molecular formula is C24H16F3N3O3S2. The molecule has 1 N–H and O–H groups in total. The van der Waals surface area contributed by atoms with Crippen molar-refractivity contribution in [3.05, 3.63) is 77.4 Å². The van der Waals surface area contributed by atoms with Gasteiger partial charge in [-0.1, -0.05) is 31.2 Å². The molecule has 1 aromatic heterocycles. The van der Waals surface area contributed by atoms with Gasteiger partial charge in [0.05, 0.1) is 32.3 Å². The number of hydrogen-bond acceptors (Lipinski definition) is 6. The summed E-state index contributed by atoms with van der Waals surface area (Å²) in [4.78, 5) is 16.2. The number of alkyl halides is 3. The Hall–Kier alpha value is -3.75. The number of aromatic nitrogens is 1. The van der Waals surface area contributed by atoms with Gasteiger partial charge < -0.3 is 5.32 Å². The summed E-state index contributed by atoms with van der Waals surface area (Å²) < 4.78 is 64.1. The predicted molar refractivity (Wildman–Crippen MR) is 127 cm³/mol. The number of aryl methyl sites for hydroxylation is 1. The molecule has 0 saturated heterocycles. The number of fused-ring (bicyclic) bond motifs is 1. The van der Waals surface area contributed by atoms with E-state index in [2.05, 4.69) is 17.2 Å². The van der Waals surface area contributed by atoms with Crippen LogP contribution in [0.2, 0.25) is 0 Å².